The van der Waals surface area contributed by atoms with E-state index < -0.39 is 97.5 Å². The van der Waals surface area contributed by atoms with E-state index in [0.717, 1.165) is 120 Å². The van der Waals surface area contributed by atoms with Crippen LogP contribution in [0.2, 0.25) is 0 Å². The van der Waals surface area contributed by atoms with E-state index in [0.29, 0.717) is 25.7 Å². The first-order valence-corrected chi connectivity index (χ1v) is 38.8. The van der Waals surface area contributed by atoms with Crippen LogP contribution in [-0.2, 0) is 65.4 Å². The summed E-state index contributed by atoms with van der Waals surface area (Å²) in [5.74, 6) is 0.870. The first-order chi connectivity index (χ1) is 42.2. The van der Waals surface area contributed by atoms with Gasteiger partial charge in [-0.1, -0.05) is 287 Å². The van der Waals surface area contributed by atoms with Gasteiger partial charge >= 0.3 is 39.5 Å². The zero-order chi connectivity index (χ0) is 65.4. The van der Waals surface area contributed by atoms with E-state index in [2.05, 4.69) is 55.4 Å². The Bertz CT molecular complexity index is 1750. The molecule has 3 N–H and O–H groups in total. The molecule has 0 saturated heterocycles. The second-order valence-corrected chi connectivity index (χ2v) is 29.3. The van der Waals surface area contributed by atoms with Gasteiger partial charge in [-0.05, 0) is 49.4 Å². The minimum atomic E-state index is -4.95. The molecular formula is C69H134O17P2. The van der Waals surface area contributed by atoms with E-state index >= 15 is 0 Å². The highest BCUT2D eigenvalue weighted by atomic mass is 31.2. The number of carbonyl (C=O) groups excluding carboxylic acids is 4. The van der Waals surface area contributed by atoms with Crippen molar-refractivity contribution in [2.24, 2.45) is 23.7 Å². The molecule has 0 aliphatic carbocycles. The molecule has 0 heterocycles. The lowest BCUT2D eigenvalue weighted by Gasteiger charge is -2.21. The molecule has 4 unspecified atom stereocenters. The molecule has 522 valence electrons. The zero-order valence-electron chi connectivity index (χ0n) is 57.3. The van der Waals surface area contributed by atoms with Crippen molar-refractivity contribution in [1.82, 2.24) is 0 Å². The smallest absolute Gasteiger partial charge is 0.462 e. The number of hydrogen-bond acceptors (Lipinski definition) is 15. The van der Waals surface area contributed by atoms with E-state index in [1.807, 2.05) is 0 Å². The van der Waals surface area contributed by atoms with Gasteiger partial charge in [-0.25, -0.2) is 9.13 Å². The monoisotopic (exact) mass is 1300 g/mol. The second-order valence-electron chi connectivity index (χ2n) is 26.4. The number of carbonyl (C=O) groups is 4. The van der Waals surface area contributed by atoms with Gasteiger partial charge in [0, 0.05) is 25.7 Å². The van der Waals surface area contributed by atoms with E-state index in [1.54, 1.807) is 0 Å². The molecule has 88 heavy (non-hydrogen) atoms. The van der Waals surface area contributed by atoms with Crippen molar-refractivity contribution in [3.8, 4) is 0 Å². The maximum Gasteiger partial charge on any atom is 0.472 e. The van der Waals surface area contributed by atoms with Gasteiger partial charge in [-0.15, -0.1) is 0 Å². The molecule has 17 nitrogen and oxygen atoms in total. The number of aliphatic hydroxyl groups excluding tert-OH is 1. The largest absolute Gasteiger partial charge is 0.472 e. The molecule has 7 atom stereocenters. The summed E-state index contributed by atoms with van der Waals surface area (Å²) < 4.78 is 68.2. The van der Waals surface area contributed by atoms with Crippen molar-refractivity contribution in [3.05, 3.63) is 0 Å². The summed E-state index contributed by atoms with van der Waals surface area (Å²) in [5.41, 5.74) is 0. The number of phosphoric ester groups is 2. The lowest BCUT2D eigenvalue weighted by molar-refractivity contribution is -0.161. The fourth-order valence-corrected chi connectivity index (χ4v) is 11.8. The van der Waals surface area contributed by atoms with Gasteiger partial charge in [0.2, 0.25) is 0 Å². The van der Waals surface area contributed by atoms with E-state index in [-0.39, 0.29) is 25.7 Å². The van der Waals surface area contributed by atoms with Crippen LogP contribution in [0.15, 0.2) is 0 Å². The third-order valence-corrected chi connectivity index (χ3v) is 18.4. The lowest BCUT2D eigenvalue weighted by Crippen LogP contribution is -2.30. The quantitative estimate of drug-likeness (QED) is 0.0222. The SMILES string of the molecule is CCC(C)CCCCCCCCCCC(=O)O[C@H](COC(=O)CCCCCCCCC(C)CC)COP(=O)(O)OC[C@H](O)COP(=O)(O)OC[C@@H](COC(=O)CCCCCCCCCCC(C)C)OC(=O)CCCCCCCCCCCCCCC(C)C. The van der Waals surface area contributed by atoms with Crippen molar-refractivity contribution < 1.29 is 80.2 Å². The molecule has 0 saturated carbocycles. The average molecular weight is 1300 g/mol. The Morgan fingerprint density at radius 2 is 0.545 bits per heavy atom. The van der Waals surface area contributed by atoms with E-state index in [9.17, 15) is 43.2 Å². The highest BCUT2D eigenvalue weighted by molar-refractivity contribution is 7.47. The summed E-state index contributed by atoms with van der Waals surface area (Å²) in [5, 5.41) is 10.6. The molecule has 0 aliphatic rings. The third-order valence-electron chi connectivity index (χ3n) is 16.5. The first-order valence-electron chi connectivity index (χ1n) is 35.8. The summed E-state index contributed by atoms with van der Waals surface area (Å²) in [6.45, 7) is 14.1. The van der Waals surface area contributed by atoms with Crippen molar-refractivity contribution in [2.75, 3.05) is 39.6 Å². The maximum atomic E-state index is 13.0. The topological polar surface area (TPSA) is 237 Å². The summed E-state index contributed by atoms with van der Waals surface area (Å²) >= 11 is 0. The van der Waals surface area contributed by atoms with Crippen LogP contribution in [0.1, 0.15) is 338 Å². The van der Waals surface area contributed by atoms with Crippen molar-refractivity contribution in [1.29, 1.82) is 0 Å². The Kier molecular flexibility index (Phi) is 57.6. The Hall–Kier alpha value is -1.94. The Balaban J connectivity index is 5.27. The molecule has 0 aromatic rings. The fraction of sp³-hybridized carbons (Fsp3) is 0.942. The van der Waals surface area contributed by atoms with Crippen LogP contribution in [0.3, 0.4) is 0 Å². The number of esters is 4. The molecular weight excluding hydrogens is 1160 g/mol. The predicted octanol–water partition coefficient (Wildman–Crippen LogP) is 19.3. The molecule has 0 radical (unpaired) electrons. The summed E-state index contributed by atoms with van der Waals surface area (Å²) in [6, 6.07) is 0. The first kappa shape index (κ1) is 86.1. The van der Waals surface area contributed by atoms with Crippen LogP contribution in [0, 0.1) is 23.7 Å². The van der Waals surface area contributed by atoms with Crippen molar-refractivity contribution in [3.63, 3.8) is 0 Å². The lowest BCUT2D eigenvalue weighted by atomic mass is 9.99. The van der Waals surface area contributed by atoms with Gasteiger partial charge in [0.25, 0.3) is 0 Å². The van der Waals surface area contributed by atoms with Crippen molar-refractivity contribution in [2.45, 2.75) is 356 Å². The van der Waals surface area contributed by atoms with Crippen molar-refractivity contribution >= 4 is 39.5 Å². The maximum absolute atomic E-state index is 13.0. The Morgan fingerprint density at radius 1 is 0.318 bits per heavy atom. The second kappa shape index (κ2) is 58.8. The number of rotatable bonds is 66. The summed E-state index contributed by atoms with van der Waals surface area (Å²) in [6.07, 6.45) is 40.3. The number of phosphoric acid groups is 2. The molecule has 0 bridgehead atoms. The summed E-state index contributed by atoms with van der Waals surface area (Å²) in [4.78, 5) is 72.5. The molecule has 0 spiro atoms. The molecule has 0 fully saturated rings. The minimum absolute atomic E-state index is 0.103. The number of ether oxygens (including phenoxy) is 4. The van der Waals surface area contributed by atoms with Crippen LogP contribution in [0.5, 0.6) is 0 Å². The van der Waals surface area contributed by atoms with Gasteiger partial charge in [-0.2, -0.15) is 0 Å². The van der Waals surface area contributed by atoms with Gasteiger partial charge in [-0.3, -0.25) is 37.3 Å². The average Bonchev–Trinajstić information content (AvgIpc) is 3.65. The van der Waals surface area contributed by atoms with Crippen LogP contribution >= 0.6 is 15.6 Å². The number of unbranched alkanes of at least 4 members (excludes halogenated alkanes) is 30. The Labute approximate surface area is 537 Å². The standard InChI is InChI=1S/C69H134O17P2/c1-9-61(7)47-39-31-23-18-20-26-36-44-52-69(74)86-65(56-80-67(72)50-42-34-28-27-32-40-48-62(8)10-2)58-84-88(77,78)82-54-63(70)53-81-87(75,76)83-57-64(55-79-66(71)49-41-33-24-19-17-22-30-38-46-60(5)6)85-68(73)51-43-35-25-16-14-12-11-13-15-21-29-37-45-59(3)4/h59-65,70H,9-58H2,1-8H3,(H,75,76)(H,77,78)/t61?,62?,63-,64-,65-/m1/s1. The van der Waals surface area contributed by atoms with Crippen LogP contribution in [-0.4, -0.2) is 96.7 Å². The van der Waals surface area contributed by atoms with Gasteiger partial charge in [0.15, 0.2) is 12.2 Å². The predicted molar refractivity (Wildman–Crippen MR) is 354 cm³/mol. The third kappa shape index (κ3) is 60.3. The molecule has 0 aromatic carbocycles. The zero-order valence-corrected chi connectivity index (χ0v) is 59.1. The normalized spacial score (nSPS) is 14.9. The molecule has 0 amide bonds. The fourth-order valence-electron chi connectivity index (χ4n) is 10.2. The highest BCUT2D eigenvalue weighted by Crippen LogP contribution is 2.45. The van der Waals surface area contributed by atoms with Gasteiger partial charge in [0.1, 0.15) is 19.3 Å². The minimum Gasteiger partial charge on any atom is -0.462 e. The molecule has 0 aromatic heterocycles. The van der Waals surface area contributed by atoms with Gasteiger partial charge in [0.05, 0.1) is 26.4 Å². The molecule has 0 rings (SSSR count). The molecule has 0 aliphatic heterocycles. The van der Waals surface area contributed by atoms with Crippen LogP contribution in [0.25, 0.3) is 0 Å². The molecule has 19 heteroatoms. The Morgan fingerprint density at radius 3 is 0.807 bits per heavy atom. The highest BCUT2D eigenvalue weighted by Gasteiger charge is 2.30. The number of hydrogen-bond donors (Lipinski definition) is 3. The van der Waals surface area contributed by atoms with Crippen LogP contribution < -0.4 is 0 Å². The number of aliphatic hydroxyl groups is 1. The summed E-state index contributed by atoms with van der Waals surface area (Å²) in [7, 11) is -9.90. The van der Waals surface area contributed by atoms with Gasteiger partial charge < -0.3 is 33.8 Å². The van der Waals surface area contributed by atoms with E-state index in [4.69, 9.17) is 37.0 Å². The van der Waals surface area contributed by atoms with Crippen LogP contribution in [0.4, 0.5) is 0 Å². The van der Waals surface area contributed by atoms with E-state index in [1.165, 1.54) is 135 Å².